The normalized spacial score (nSPS) is 16.7. The van der Waals surface area contributed by atoms with Crippen molar-refractivity contribution in [2.45, 2.75) is 39.8 Å². The monoisotopic (exact) mass is 263 g/mol. The van der Waals surface area contributed by atoms with Gasteiger partial charge >= 0.3 is 0 Å². The van der Waals surface area contributed by atoms with Crippen LogP contribution in [0.2, 0.25) is 0 Å². The van der Waals surface area contributed by atoms with Crippen molar-refractivity contribution in [3.8, 4) is 0 Å². The van der Waals surface area contributed by atoms with Crippen LogP contribution in [0.5, 0.6) is 0 Å². The maximum atomic E-state index is 5.50. The quantitative estimate of drug-likeness (QED) is 0.903. The zero-order chi connectivity index (χ0) is 13.7. The fourth-order valence-corrected chi connectivity index (χ4v) is 2.28. The Hall–Kier alpha value is -1.13. The minimum Gasteiger partial charge on any atom is -0.380 e. The third-order valence-corrected chi connectivity index (χ3v) is 3.26. The van der Waals surface area contributed by atoms with Crippen molar-refractivity contribution in [1.29, 1.82) is 0 Å². The van der Waals surface area contributed by atoms with Gasteiger partial charge < -0.3 is 15.0 Å². The van der Waals surface area contributed by atoms with Crippen LogP contribution in [0.15, 0.2) is 12.1 Å². The highest BCUT2D eigenvalue weighted by molar-refractivity contribution is 5.42. The number of hydrogen-bond donors (Lipinski definition) is 1. The van der Waals surface area contributed by atoms with E-state index >= 15 is 0 Å². The van der Waals surface area contributed by atoms with Crippen molar-refractivity contribution in [2.75, 3.05) is 31.2 Å². The summed E-state index contributed by atoms with van der Waals surface area (Å²) in [5.41, 5.74) is 2.39. The zero-order valence-corrected chi connectivity index (χ0v) is 12.3. The smallest absolute Gasteiger partial charge is 0.129 e. The van der Waals surface area contributed by atoms with Gasteiger partial charge in [-0.05, 0) is 31.0 Å². The van der Waals surface area contributed by atoms with Gasteiger partial charge in [0.15, 0.2) is 0 Å². The van der Waals surface area contributed by atoms with Gasteiger partial charge in [0.2, 0.25) is 0 Å². The number of rotatable bonds is 4. The van der Waals surface area contributed by atoms with E-state index in [0.717, 1.165) is 50.8 Å². The summed E-state index contributed by atoms with van der Waals surface area (Å²) in [5.74, 6) is 1.09. The van der Waals surface area contributed by atoms with Crippen LogP contribution >= 0.6 is 0 Å². The molecule has 1 saturated heterocycles. The summed E-state index contributed by atoms with van der Waals surface area (Å²) in [6, 6.07) is 4.87. The molecule has 0 atom stereocenters. The van der Waals surface area contributed by atoms with Crippen molar-refractivity contribution in [1.82, 2.24) is 10.3 Å². The molecule has 1 aliphatic heterocycles. The Kier molecular flexibility index (Phi) is 5.16. The lowest BCUT2D eigenvalue weighted by Crippen LogP contribution is -2.27. The zero-order valence-electron chi connectivity index (χ0n) is 12.3. The van der Waals surface area contributed by atoms with E-state index in [4.69, 9.17) is 4.74 Å². The summed E-state index contributed by atoms with van der Waals surface area (Å²) in [4.78, 5) is 7.00. The minimum absolute atomic E-state index is 0.503. The largest absolute Gasteiger partial charge is 0.380 e. The van der Waals surface area contributed by atoms with Crippen LogP contribution < -0.4 is 10.2 Å². The predicted molar refractivity (Wildman–Crippen MR) is 78.6 cm³/mol. The van der Waals surface area contributed by atoms with E-state index in [2.05, 4.69) is 48.1 Å². The Balaban J connectivity index is 2.10. The first kappa shape index (κ1) is 14.3. The summed E-state index contributed by atoms with van der Waals surface area (Å²) in [5, 5.41) is 3.46. The van der Waals surface area contributed by atoms with Crippen LogP contribution in [0.3, 0.4) is 0 Å². The van der Waals surface area contributed by atoms with Gasteiger partial charge in [-0.15, -0.1) is 0 Å². The van der Waals surface area contributed by atoms with Crippen LogP contribution in [-0.2, 0) is 11.3 Å². The van der Waals surface area contributed by atoms with Gasteiger partial charge in [0, 0.05) is 38.0 Å². The maximum Gasteiger partial charge on any atom is 0.129 e. The summed E-state index contributed by atoms with van der Waals surface area (Å²) < 4.78 is 5.50. The van der Waals surface area contributed by atoms with Gasteiger partial charge in [0.05, 0.1) is 6.61 Å². The van der Waals surface area contributed by atoms with Crippen molar-refractivity contribution in [2.24, 2.45) is 0 Å². The summed E-state index contributed by atoms with van der Waals surface area (Å²) in [7, 11) is 0. The van der Waals surface area contributed by atoms with Crippen LogP contribution in [0, 0.1) is 6.92 Å². The second-order valence-corrected chi connectivity index (χ2v) is 5.46. The molecule has 0 amide bonds. The Morgan fingerprint density at radius 1 is 1.32 bits per heavy atom. The SMILES string of the molecule is Cc1cc(CNC(C)C)cc(N2CCCOCC2)n1. The molecule has 2 rings (SSSR count). The maximum absolute atomic E-state index is 5.50. The number of ether oxygens (including phenoxy) is 1. The third kappa shape index (κ3) is 4.48. The highest BCUT2D eigenvalue weighted by Crippen LogP contribution is 2.16. The van der Waals surface area contributed by atoms with E-state index in [1.165, 1.54) is 5.56 Å². The van der Waals surface area contributed by atoms with E-state index in [-0.39, 0.29) is 0 Å². The van der Waals surface area contributed by atoms with E-state index in [0.29, 0.717) is 6.04 Å². The number of nitrogens with one attached hydrogen (secondary N) is 1. The molecular formula is C15H25N3O. The number of aromatic nitrogens is 1. The van der Waals surface area contributed by atoms with Crippen molar-refractivity contribution < 1.29 is 4.74 Å². The van der Waals surface area contributed by atoms with Gasteiger partial charge in [-0.2, -0.15) is 0 Å². The molecule has 1 aromatic rings. The molecule has 1 aromatic heterocycles. The molecule has 2 heterocycles. The van der Waals surface area contributed by atoms with E-state index in [1.54, 1.807) is 0 Å². The Morgan fingerprint density at radius 3 is 2.95 bits per heavy atom. The lowest BCUT2D eigenvalue weighted by Gasteiger charge is -2.22. The van der Waals surface area contributed by atoms with Crippen molar-refractivity contribution in [3.63, 3.8) is 0 Å². The molecule has 0 saturated carbocycles. The molecule has 4 nitrogen and oxygen atoms in total. The topological polar surface area (TPSA) is 37.4 Å². The average Bonchev–Trinajstić information content (AvgIpc) is 2.64. The van der Waals surface area contributed by atoms with Crippen molar-refractivity contribution >= 4 is 5.82 Å². The Bertz CT molecular complexity index is 398. The molecule has 1 N–H and O–H groups in total. The predicted octanol–water partition coefficient (Wildman–Crippen LogP) is 2.11. The van der Waals surface area contributed by atoms with E-state index in [1.807, 2.05) is 0 Å². The number of hydrogen-bond acceptors (Lipinski definition) is 4. The first-order chi connectivity index (χ1) is 9.15. The Labute approximate surface area is 116 Å². The molecule has 0 aliphatic carbocycles. The molecular weight excluding hydrogens is 238 g/mol. The van der Waals surface area contributed by atoms with Crippen LogP contribution in [-0.4, -0.2) is 37.3 Å². The molecule has 1 fully saturated rings. The molecule has 106 valence electrons. The molecule has 1 aliphatic rings. The molecule has 0 bridgehead atoms. The van der Waals surface area contributed by atoms with Gasteiger partial charge in [-0.1, -0.05) is 13.8 Å². The van der Waals surface area contributed by atoms with Crippen molar-refractivity contribution in [3.05, 3.63) is 23.4 Å². The molecule has 0 aromatic carbocycles. The number of pyridine rings is 1. The highest BCUT2D eigenvalue weighted by atomic mass is 16.5. The van der Waals surface area contributed by atoms with Crippen LogP contribution in [0.1, 0.15) is 31.5 Å². The van der Waals surface area contributed by atoms with Crippen LogP contribution in [0.25, 0.3) is 0 Å². The highest BCUT2D eigenvalue weighted by Gasteiger charge is 2.12. The first-order valence-corrected chi connectivity index (χ1v) is 7.19. The third-order valence-electron chi connectivity index (χ3n) is 3.26. The van der Waals surface area contributed by atoms with Gasteiger partial charge in [0.1, 0.15) is 5.82 Å². The van der Waals surface area contributed by atoms with Gasteiger partial charge in [-0.3, -0.25) is 0 Å². The standard InChI is InChI=1S/C15H25N3O/c1-12(2)16-11-14-9-13(3)17-15(10-14)18-5-4-7-19-8-6-18/h9-10,12,16H,4-8,11H2,1-3H3. The van der Waals surface area contributed by atoms with Gasteiger partial charge in [-0.25, -0.2) is 4.98 Å². The fourth-order valence-electron chi connectivity index (χ4n) is 2.28. The molecule has 0 radical (unpaired) electrons. The lowest BCUT2D eigenvalue weighted by atomic mass is 10.2. The minimum atomic E-state index is 0.503. The van der Waals surface area contributed by atoms with E-state index < -0.39 is 0 Å². The number of anilines is 1. The molecule has 4 heteroatoms. The fraction of sp³-hybridized carbons (Fsp3) is 0.667. The molecule has 0 spiro atoms. The number of nitrogens with zero attached hydrogens (tertiary/aromatic N) is 2. The van der Waals surface area contributed by atoms with Gasteiger partial charge in [0.25, 0.3) is 0 Å². The van der Waals surface area contributed by atoms with E-state index in [9.17, 15) is 0 Å². The Morgan fingerprint density at radius 2 is 2.16 bits per heavy atom. The van der Waals surface area contributed by atoms with Crippen LogP contribution in [0.4, 0.5) is 5.82 Å². The summed E-state index contributed by atoms with van der Waals surface area (Å²) >= 11 is 0. The average molecular weight is 263 g/mol. The second kappa shape index (κ2) is 6.87. The summed E-state index contributed by atoms with van der Waals surface area (Å²) in [6.07, 6.45) is 1.08. The molecule has 0 unspecified atom stereocenters. The first-order valence-electron chi connectivity index (χ1n) is 7.19. The second-order valence-electron chi connectivity index (χ2n) is 5.46. The molecule has 19 heavy (non-hydrogen) atoms. The summed E-state index contributed by atoms with van der Waals surface area (Å²) in [6.45, 7) is 10.9. The number of aryl methyl sites for hydroxylation is 1. The lowest BCUT2D eigenvalue weighted by molar-refractivity contribution is 0.152.